The SMILES string of the molecule is C=C1C(=C)C(N)=C1C.C=CC(=C)/C=C(/C(=C)NCc1ccc(CCC)c(CC)c1)N(C=C)C(C)=NCC.C=CC1=CC=C([C@H](C)NC)C=CC1. The highest BCUT2D eigenvalue weighted by molar-refractivity contribution is 5.83. The number of nitrogens with one attached hydrogen (secondary N) is 2. The molecule has 0 radical (unpaired) electrons. The smallest absolute Gasteiger partial charge is 0.104 e. The maximum Gasteiger partial charge on any atom is 0.104 e. The van der Waals surface area contributed by atoms with Crippen molar-refractivity contribution in [2.75, 3.05) is 13.6 Å². The molecule has 0 saturated carbocycles. The molecule has 0 fully saturated rings. The fourth-order valence-corrected chi connectivity index (χ4v) is 5.16. The third-order valence-corrected chi connectivity index (χ3v) is 8.64. The van der Waals surface area contributed by atoms with Gasteiger partial charge in [-0.3, -0.25) is 4.99 Å². The Morgan fingerprint density at radius 3 is 2.26 bits per heavy atom. The predicted molar refractivity (Wildman–Crippen MR) is 223 cm³/mol. The van der Waals surface area contributed by atoms with Crippen molar-refractivity contribution in [3.63, 3.8) is 0 Å². The van der Waals surface area contributed by atoms with Crippen molar-refractivity contribution in [1.29, 1.82) is 0 Å². The molecule has 2 aliphatic carbocycles. The maximum absolute atomic E-state index is 5.48. The number of aryl methyl sites for hydroxylation is 2. The number of hydrogen-bond acceptors (Lipinski definition) is 4. The molecule has 50 heavy (non-hydrogen) atoms. The molecule has 2 aliphatic rings. The van der Waals surface area contributed by atoms with Crippen molar-refractivity contribution in [3.05, 3.63) is 180 Å². The minimum atomic E-state index is 0.414. The molecule has 1 aromatic carbocycles. The van der Waals surface area contributed by atoms with Crippen LogP contribution in [0.5, 0.6) is 0 Å². The summed E-state index contributed by atoms with van der Waals surface area (Å²) in [6.07, 6.45) is 20.3. The van der Waals surface area contributed by atoms with Gasteiger partial charge >= 0.3 is 0 Å². The first-order valence-corrected chi connectivity index (χ1v) is 17.6. The molecule has 0 unspecified atom stereocenters. The largest absolute Gasteiger partial charge is 0.398 e. The molecule has 0 amide bonds. The molecule has 0 heterocycles. The Kier molecular flexibility index (Phi) is 19.6. The molecular formula is C45H63N5. The van der Waals surface area contributed by atoms with Crippen molar-refractivity contribution in [3.8, 4) is 0 Å². The predicted octanol–water partition coefficient (Wildman–Crippen LogP) is 10.3. The van der Waals surface area contributed by atoms with Gasteiger partial charge in [-0.05, 0) is 110 Å². The van der Waals surface area contributed by atoms with Crippen LogP contribution in [-0.2, 0) is 19.4 Å². The third kappa shape index (κ3) is 13.2. The Bertz CT molecular complexity index is 1580. The minimum Gasteiger partial charge on any atom is -0.398 e. The zero-order chi connectivity index (χ0) is 37.8. The first kappa shape index (κ1) is 43.2. The first-order chi connectivity index (χ1) is 23.8. The summed E-state index contributed by atoms with van der Waals surface area (Å²) in [7, 11) is 1.97. The zero-order valence-electron chi connectivity index (χ0n) is 32.1. The zero-order valence-corrected chi connectivity index (χ0v) is 32.1. The van der Waals surface area contributed by atoms with Crippen LogP contribution < -0.4 is 16.4 Å². The molecule has 1 aromatic rings. The van der Waals surface area contributed by atoms with E-state index in [0.717, 1.165) is 64.5 Å². The number of rotatable bonds is 15. The summed E-state index contributed by atoms with van der Waals surface area (Å²) in [6, 6.07) is 7.17. The number of nitrogens with zero attached hydrogens (tertiary/aromatic N) is 2. The first-order valence-electron chi connectivity index (χ1n) is 17.6. The van der Waals surface area contributed by atoms with E-state index in [-0.39, 0.29) is 0 Å². The molecule has 0 saturated heterocycles. The monoisotopic (exact) mass is 674 g/mol. The molecule has 3 rings (SSSR count). The van der Waals surface area contributed by atoms with Gasteiger partial charge in [0, 0.05) is 31.0 Å². The van der Waals surface area contributed by atoms with Crippen molar-refractivity contribution in [2.24, 2.45) is 10.7 Å². The van der Waals surface area contributed by atoms with E-state index < -0.39 is 0 Å². The average Bonchev–Trinajstić information content (AvgIpc) is 3.39. The topological polar surface area (TPSA) is 65.7 Å². The lowest BCUT2D eigenvalue weighted by Gasteiger charge is -2.25. The second-order valence-electron chi connectivity index (χ2n) is 12.1. The number of allylic oxidation sites excluding steroid dienone is 10. The molecule has 4 N–H and O–H groups in total. The number of benzene rings is 1. The Balaban J connectivity index is 0.000000481. The van der Waals surface area contributed by atoms with Crippen LogP contribution in [0.2, 0.25) is 0 Å². The molecule has 0 aliphatic heterocycles. The Labute approximate surface area is 304 Å². The maximum atomic E-state index is 5.48. The van der Waals surface area contributed by atoms with E-state index >= 15 is 0 Å². The van der Waals surface area contributed by atoms with Crippen molar-refractivity contribution >= 4 is 5.84 Å². The van der Waals surface area contributed by atoms with Gasteiger partial charge in [-0.2, -0.15) is 0 Å². The van der Waals surface area contributed by atoms with Crippen LogP contribution in [0.3, 0.4) is 0 Å². The van der Waals surface area contributed by atoms with E-state index in [1.165, 1.54) is 34.3 Å². The highest BCUT2D eigenvalue weighted by Crippen LogP contribution is 2.32. The summed E-state index contributed by atoms with van der Waals surface area (Å²) < 4.78 is 0. The summed E-state index contributed by atoms with van der Waals surface area (Å²) in [6.45, 7) is 41.1. The van der Waals surface area contributed by atoms with Crippen molar-refractivity contribution in [1.82, 2.24) is 15.5 Å². The summed E-state index contributed by atoms with van der Waals surface area (Å²) in [4.78, 5) is 6.43. The number of aliphatic imine (C=N–C) groups is 1. The van der Waals surface area contributed by atoms with Gasteiger partial charge in [-0.15, -0.1) is 0 Å². The van der Waals surface area contributed by atoms with Gasteiger partial charge in [0.1, 0.15) is 5.84 Å². The van der Waals surface area contributed by atoms with E-state index in [1.807, 2.05) is 44.9 Å². The van der Waals surface area contributed by atoms with Crippen LogP contribution in [0.15, 0.2) is 169 Å². The molecule has 0 bridgehead atoms. The van der Waals surface area contributed by atoms with Gasteiger partial charge in [-0.1, -0.05) is 121 Å². The Hall–Kier alpha value is -4.87. The fraction of sp³-hybridized carbons (Fsp3) is 0.311. The van der Waals surface area contributed by atoms with Crippen LogP contribution in [0.25, 0.3) is 0 Å². The van der Waals surface area contributed by atoms with Crippen LogP contribution in [0, 0.1) is 0 Å². The molecule has 0 aromatic heterocycles. The van der Waals surface area contributed by atoms with Gasteiger partial charge in [-0.25, -0.2) is 0 Å². The lowest BCUT2D eigenvalue weighted by Crippen LogP contribution is -2.28. The Morgan fingerprint density at radius 1 is 1.06 bits per heavy atom. The quantitative estimate of drug-likeness (QED) is 0.0985. The number of amidine groups is 1. The molecule has 5 nitrogen and oxygen atoms in total. The van der Waals surface area contributed by atoms with E-state index in [1.54, 1.807) is 12.3 Å². The van der Waals surface area contributed by atoms with E-state index in [2.05, 4.69) is 125 Å². The summed E-state index contributed by atoms with van der Waals surface area (Å²) in [5.74, 6) is 0.853. The molecular weight excluding hydrogens is 611 g/mol. The second-order valence-corrected chi connectivity index (χ2v) is 12.1. The van der Waals surface area contributed by atoms with E-state index in [9.17, 15) is 0 Å². The molecule has 5 heteroatoms. The van der Waals surface area contributed by atoms with Gasteiger partial charge in [0.2, 0.25) is 0 Å². The van der Waals surface area contributed by atoms with Gasteiger partial charge < -0.3 is 21.3 Å². The molecule has 0 spiro atoms. The summed E-state index contributed by atoms with van der Waals surface area (Å²) >= 11 is 0. The van der Waals surface area contributed by atoms with Crippen LogP contribution >= 0.6 is 0 Å². The fourth-order valence-electron chi connectivity index (χ4n) is 5.16. The molecule has 268 valence electrons. The number of nitrogens with two attached hydrogens (primary N) is 1. The number of likely N-dealkylation sites (N-methyl/N-ethyl adjacent to an activating group) is 1. The highest BCUT2D eigenvalue weighted by atomic mass is 15.2. The second kappa shape index (κ2) is 22.7. The third-order valence-electron chi connectivity index (χ3n) is 8.64. The number of hydrogen-bond donors (Lipinski definition) is 3. The molecule has 1 atom stereocenters. The summed E-state index contributed by atoms with van der Waals surface area (Å²) in [5, 5.41) is 6.68. The van der Waals surface area contributed by atoms with Gasteiger partial charge in [0.05, 0.1) is 11.4 Å². The van der Waals surface area contributed by atoms with Crippen molar-refractivity contribution < 1.29 is 0 Å². The van der Waals surface area contributed by atoms with E-state index in [4.69, 9.17) is 5.73 Å². The standard InChI is InChI=1S/C26H37N3.C12H17N.C7H9N/c1-9-14-25-16-15-23(18-24(25)11-3)19-28-21(7)26(17-20(6)10-2)29(13-5)22(8)27-12-4;1-4-11-6-5-7-12(9-8-11)10(2)13-3;1-4-5(2)7(8)6(4)3/h10,13,15-18,28H,2,5-7,9,11-12,14,19H2,1,3-4,8H3;4-5,7-10,13H,1,6H2,2-3H3;1-2,8H2,3H3/b26-17-,27-22?;;/t;10-;/m.0./s1. The normalized spacial score (nSPS) is 14.7. The van der Waals surface area contributed by atoms with Crippen LogP contribution in [0.4, 0.5) is 0 Å². The lowest BCUT2D eigenvalue weighted by molar-refractivity contribution is 0.657. The Morgan fingerprint density at radius 2 is 1.76 bits per heavy atom. The van der Waals surface area contributed by atoms with Crippen LogP contribution in [-0.4, -0.2) is 30.4 Å². The highest BCUT2D eigenvalue weighted by Gasteiger charge is 2.18. The van der Waals surface area contributed by atoms with Crippen LogP contribution in [0.1, 0.15) is 71.1 Å². The van der Waals surface area contributed by atoms with E-state index in [0.29, 0.717) is 19.1 Å². The average molecular weight is 674 g/mol. The van der Waals surface area contributed by atoms with Gasteiger partial charge in [0.25, 0.3) is 0 Å². The van der Waals surface area contributed by atoms with Gasteiger partial charge in [0.15, 0.2) is 0 Å². The van der Waals surface area contributed by atoms with Crippen molar-refractivity contribution in [2.45, 2.75) is 79.8 Å². The lowest BCUT2D eigenvalue weighted by atomic mass is 9.86. The summed E-state index contributed by atoms with van der Waals surface area (Å²) in [5.41, 5.74) is 18.4. The minimum absolute atomic E-state index is 0.414.